The minimum Gasteiger partial charge on any atom is -0.507 e. The molecule has 1 spiro atoms. The monoisotopic (exact) mass is 770 g/mol. The highest BCUT2D eigenvalue weighted by molar-refractivity contribution is 5.88. The van der Waals surface area contributed by atoms with E-state index in [1.54, 1.807) is 13.0 Å². The maximum Gasteiger partial charge on any atom is 0.341 e. The first kappa shape index (κ1) is 35.7. The summed E-state index contributed by atoms with van der Waals surface area (Å²) in [5, 5.41) is 11.7. The molecule has 0 bridgehead atoms. The number of nitrogens with two attached hydrogens (primary N) is 2. The van der Waals surface area contributed by atoms with Crippen LogP contribution in [0.5, 0.6) is 11.5 Å². The van der Waals surface area contributed by atoms with Crippen LogP contribution in [0.25, 0.3) is 22.2 Å². The first-order chi connectivity index (χ1) is 27.4. The predicted octanol–water partition coefficient (Wildman–Crippen LogP) is 6.10. The van der Waals surface area contributed by atoms with Gasteiger partial charge in [-0.3, -0.25) is 9.79 Å². The fraction of sp³-hybridized carbons (Fsp3) is 0.432. The molecule has 10 rings (SSSR count). The van der Waals surface area contributed by atoms with Crippen LogP contribution in [-0.4, -0.2) is 62.1 Å². The average Bonchev–Trinajstić information content (AvgIpc) is 3.53. The molecule has 5 aliphatic heterocycles. The Morgan fingerprint density at radius 2 is 1.88 bits per heavy atom. The van der Waals surface area contributed by atoms with E-state index in [0.29, 0.717) is 60.9 Å². The Hall–Kier alpha value is -5.69. The Morgan fingerprint density at radius 1 is 1.04 bits per heavy atom. The van der Waals surface area contributed by atoms with Gasteiger partial charge in [-0.25, -0.2) is 14.8 Å². The fourth-order valence-electron chi connectivity index (χ4n) is 10.0. The van der Waals surface area contributed by atoms with Gasteiger partial charge in [0.1, 0.15) is 51.6 Å². The molecule has 13 heteroatoms. The molecule has 8 heterocycles. The molecule has 1 aliphatic carbocycles. The molecule has 0 unspecified atom stereocenters. The molecular formula is C44H46N6O7. The number of fused-ring (bicyclic) bond motifs is 8. The van der Waals surface area contributed by atoms with Gasteiger partial charge in [-0.15, -0.1) is 0 Å². The van der Waals surface area contributed by atoms with Crippen LogP contribution in [0.1, 0.15) is 92.0 Å². The highest BCUT2D eigenvalue weighted by atomic mass is 16.7. The van der Waals surface area contributed by atoms with Crippen molar-refractivity contribution in [1.29, 1.82) is 0 Å². The Labute approximate surface area is 329 Å². The van der Waals surface area contributed by atoms with Crippen LogP contribution in [-0.2, 0) is 40.1 Å². The number of phenolic OH excluding ortho intramolecular Hbond substituents is 1. The van der Waals surface area contributed by atoms with Gasteiger partial charge in [0.2, 0.25) is 0 Å². The Morgan fingerprint density at radius 3 is 2.72 bits per heavy atom. The lowest BCUT2D eigenvalue weighted by molar-refractivity contribution is -0.170. The van der Waals surface area contributed by atoms with Crippen LogP contribution in [0.3, 0.4) is 0 Å². The van der Waals surface area contributed by atoms with Crippen LogP contribution in [0, 0.1) is 6.92 Å². The molecule has 294 valence electrons. The van der Waals surface area contributed by atoms with Crippen molar-refractivity contribution < 1.29 is 28.5 Å². The number of aliphatic imine (C=N–C) groups is 1. The summed E-state index contributed by atoms with van der Waals surface area (Å²) >= 11 is 0. The number of rotatable bonds is 5. The number of carbonyl (C=O) groups is 1. The van der Waals surface area contributed by atoms with Crippen LogP contribution in [0.15, 0.2) is 62.0 Å². The number of nitrogen functional groups attached to an aromatic ring is 2. The van der Waals surface area contributed by atoms with Crippen molar-refractivity contribution in [3.8, 4) is 22.8 Å². The molecule has 4 atom stereocenters. The number of aryl methyl sites for hydroxylation is 2. The molecule has 5 N–H and O–H groups in total. The average molecular weight is 771 g/mol. The summed E-state index contributed by atoms with van der Waals surface area (Å²) in [7, 11) is 0. The first-order valence-corrected chi connectivity index (χ1v) is 20.0. The Bertz CT molecular complexity index is 2560. The largest absolute Gasteiger partial charge is 0.507 e. The lowest BCUT2D eigenvalue weighted by Gasteiger charge is -2.44. The maximum absolute atomic E-state index is 14.3. The van der Waals surface area contributed by atoms with E-state index in [1.165, 1.54) is 11.6 Å². The molecule has 6 aliphatic rings. The number of ether oxygens (including phenoxy) is 3. The van der Waals surface area contributed by atoms with E-state index in [-0.39, 0.29) is 28.3 Å². The lowest BCUT2D eigenvalue weighted by Crippen LogP contribution is -2.52. The molecule has 57 heavy (non-hydrogen) atoms. The highest BCUT2D eigenvalue weighted by Gasteiger charge is 2.64. The van der Waals surface area contributed by atoms with Gasteiger partial charge in [0.25, 0.3) is 0 Å². The topological polar surface area (TPSA) is 192 Å². The van der Waals surface area contributed by atoms with E-state index in [9.17, 15) is 14.7 Å². The van der Waals surface area contributed by atoms with E-state index < -0.39 is 29.2 Å². The number of hydrogen-bond acceptors (Lipinski definition) is 13. The summed E-state index contributed by atoms with van der Waals surface area (Å²) < 4.78 is 25.0. The number of aromatic hydroxyl groups is 1. The van der Waals surface area contributed by atoms with Crippen LogP contribution in [0.2, 0.25) is 0 Å². The van der Waals surface area contributed by atoms with Crippen LogP contribution in [0.4, 0.5) is 11.6 Å². The lowest BCUT2D eigenvalue weighted by atomic mass is 9.77. The number of epoxide rings is 1. The second-order valence-electron chi connectivity index (χ2n) is 17.0. The Kier molecular flexibility index (Phi) is 8.09. The smallest absolute Gasteiger partial charge is 0.341 e. The van der Waals surface area contributed by atoms with E-state index in [1.807, 2.05) is 32.2 Å². The molecule has 0 saturated carbocycles. The number of anilines is 2. The maximum atomic E-state index is 14.3. The van der Waals surface area contributed by atoms with Gasteiger partial charge in [0.05, 0.1) is 29.7 Å². The molecule has 2 saturated heterocycles. The van der Waals surface area contributed by atoms with Gasteiger partial charge >= 0.3 is 5.97 Å². The molecule has 0 amide bonds. The normalized spacial score (nSPS) is 25.4. The third-order valence-corrected chi connectivity index (χ3v) is 12.7. The summed E-state index contributed by atoms with van der Waals surface area (Å²) in [5.41, 5.74) is 19.6. The van der Waals surface area contributed by atoms with Gasteiger partial charge in [-0.05, 0) is 101 Å². The number of pyridine rings is 2. The zero-order valence-electron chi connectivity index (χ0n) is 32.4. The van der Waals surface area contributed by atoms with E-state index in [0.717, 1.165) is 78.0 Å². The molecule has 3 aromatic heterocycles. The molecular weight excluding hydrogens is 725 g/mol. The van der Waals surface area contributed by atoms with Crippen molar-refractivity contribution in [2.75, 3.05) is 18.0 Å². The number of allylic oxidation sites excluding steroid dienone is 1. The van der Waals surface area contributed by atoms with Crippen LogP contribution < -0.4 is 21.6 Å². The number of phenols is 1. The molecule has 13 nitrogen and oxygen atoms in total. The molecule has 1 aromatic carbocycles. The predicted molar refractivity (Wildman–Crippen MR) is 214 cm³/mol. The highest BCUT2D eigenvalue weighted by Crippen LogP contribution is 2.54. The van der Waals surface area contributed by atoms with Gasteiger partial charge in [0, 0.05) is 59.3 Å². The Balaban J connectivity index is 0.901. The SMILES string of the molecule is Cc1cc(=O)c2c(O)c3c(cc2o1)OC(C)(C)[C@@H]1OC(=O)[C@@]2(CCCC[C@@H]31)O[C@@H]2CCc1cc(N)nc2c1CCCc1c-2cc(CN2C=C3N=CC=C3C2)nc1N. The second kappa shape index (κ2) is 12.9. The summed E-state index contributed by atoms with van der Waals surface area (Å²) in [6.45, 7) is 6.84. The summed E-state index contributed by atoms with van der Waals surface area (Å²) in [6.07, 6.45) is 11.3. The van der Waals surface area contributed by atoms with Crippen molar-refractivity contribution >= 4 is 34.8 Å². The second-order valence-corrected chi connectivity index (χ2v) is 17.0. The standard InChI is InChI=1S/C44H46N6O7/c1-22-15-31(51)37-32(54-22)18-33-36(39(37)52)28-7-4-5-13-44(42(53)55-40(28)43(2,3)56-33)34(57-44)11-10-23-16-35(45)49-38-26(23)8-6-9-27-29(38)17-25(48-41(27)46)20-50-19-24-12-14-47-30(24)21-50/h12,14-18,21,28,34,40,52H,4-11,13,19-20H2,1-3H3,(H2,45,49)(H2,46,48)/t28-,34+,40+,44-/m0/s1. The minimum atomic E-state index is -1.07. The minimum absolute atomic E-state index is 0.101. The van der Waals surface area contributed by atoms with Crippen molar-refractivity contribution in [3.05, 3.63) is 91.7 Å². The number of esters is 1. The van der Waals surface area contributed by atoms with E-state index in [4.69, 9.17) is 40.1 Å². The van der Waals surface area contributed by atoms with Gasteiger partial charge in [-0.2, -0.15) is 0 Å². The van der Waals surface area contributed by atoms with Crippen molar-refractivity contribution in [1.82, 2.24) is 14.9 Å². The summed E-state index contributed by atoms with van der Waals surface area (Å²) in [5.74, 6) is 0.828. The number of aromatic nitrogens is 2. The van der Waals surface area contributed by atoms with E-state index >= 15 is 0 Å². The zero-order valence-corrected chi connectivity index (χ0v) is 32.4. The third-order valence-electron chi connectivity index (χ3n) is 12.7. The van der Waals surface area contributed by atoms with Crippen LogP contribution >= 0.6 is 0 Å². The number of benzene rings is 1. The number of nitrogens with zero attached hydrogens (tertiary/aromatic N) is 4. The number of hydrogen-bond donors (Lipinski definition) is 3. The fourth-order valence-corrected chi connectivity index (χ4v) is 10.0. The molecule has 2 fully saturated rings. The van der Waals surface area contributed by atoms with Crippen molar-refractivity contribution in [2.24, 2.45) is 4.99 Å². The summed E-state index contributed by atoms with van der Waals surface area (Å²) in [6, 6.07) is 7.11. The van der Waals surface area contributed by atoms with Crippen molar-refractivity contribution in [2.45, 2.75) is 114 Å². The zero-order chi connectivity index (χ0) is 39.4. The van der Waals surface area contributed by atoms with E-state index in [2.05, 4.69) is 22.2 Å². The van der Waals surface area contributed by atoms with Gasteiger partial charge in [-0.1, -0.05) is 6.42 Å². The third kappa shape index (κ3) is 5.88. The van der Waals surface area contributed by atoms with Gasteiger partial charge in [0.15, 0.2) is 11.0 Å². The van der Waals surface area contributed by atoms with Gasteiger partial charge < -0.3 is 40.1 Å². The first-order valence-electron chi connectivity index (χ1n) is 20.0. The molecule has 4 aromatic rings. The molecule has 0 radical (unpaired) electrons. The summed E-state index contributed by atoms with van der Waals surface area (Å²) in [4.78, 5) is 43.6. The van der Waals surface area contributed by atoms with Crippen molar-refractivity contribution in [3.63, 3.8) is 0 Å². The number of carbonyl (C=O) groups excluding carboxylic acids is 1. The quantitative estimate of drug-likeness (QED) is 0.156.